The molecule has 2 heterocycles. The highest BCUT2D eigenvalue weighted by molar-refractivity contribution is 6.01. The van der Waals surface area contributed by atoms with Crippen molar-refractivity contribution in [1.82, 2.24) is 4.98 Å². The van der Waals surface area contributed by atoms with Crippen LogP contribution >= 0.6 is 0 Å². The van der Waals surface area contributed by atoms with Crippen LogP contribution in [0.25, 0.3) is 0 Å². The Balaban J connectivity index is 1.79. The SMILES string of the molecule is CCc1cccc(NC(=O)c2ccc(Cc3c(OC)cc(OC)cc3OC)o2)n1. The second-order valence-corrected chi connectivity index (χ2v) is 6.28. The summed E-state index contributed by atoms with van der Waals surface area (Å²) in [6.07, 6.45) is 1.19. The number of rotatable bonds is 8. The summed E-state index contributed by atoms with van der Waals surface area (Å²) in [6.45, 7) is 2.01. The molecule has 0 atom stereocenters. The lowest BCUT2D eigenvalue weighted by molar-refractivity contribution is 0.0994. The normalized spacial score (nSPS) is 10.5. The summed E-state index contributed by atoms with van der Waals surface area (Å²) in [5, 5.41) is 2.76. The van der Waals surface area contributed by atoms with Gasteiger partial charge in [0.1, 0.15) is 28.8 Å². The number of aryl methyl sites for hydroxylation is 1. The van der Waals surface area contributed by atoms with Gasteiger partial charge in [0.15, 0.2) is 5.76 Å². The topological polar surface area (TPSA) is 82.8 Å². The zero-order chi connectivity index (χ0) is 20.8. The maximum atomic E-state index is 12.5. The number of benzene rings is 1. The van der Waals surface area contributed by atoms with Crippen LogP contribution in [-0.4, -0.2) is 32.2 Å². The van der Waals surface area contributed by atoms with E-state index in [4.69, 9.17) is 18.6 Å². The summed E-state index contributed by atoms with van der Waals surface area (Å²) in [6, 6.07) is 12.5. The Labute approximate surface area is 169 Å². The third-order valence-corrected chi connectivity index (χ3v) is 4.46. The second-order valence-electron chi connectivity index (χ2n) is 6.28. The third kappa shape index (κ3) is 4.68. The number of hydrogen-bond acceptors (Lipinski definition) is 6. The Morgan fingerprint density at radius 3 is 2.38 bits per heavy atom. The molecule has 0 saturated heterocycles. The molecule has 0 bridgehead atoms. The van der Waals surface area contributed by atoms with Crippen LogP contribution in [0.3, 0.4) is 0 Å². The molecule has 29 heavy (non-hydrogen) atoms. The summed E-state index contributed by atoms with van der Waals surface area (Å²) in [5.41, 5.74) is 1.70. The number of furan rings is 1. The summed E-state index contributed by atoms with van der Waals surface area (Å²) in [4.78, 5) is 16.9. The molecule has 0 radical (unpaired) electrons. The maximum Gasteiger partial charge on any atom is 0.292 e. The average Bonchev–Trinajstić information content (AvgIpc) is 3.22. The number of anilines is 1. The largest absolute Gasteiger partial charge is 0.496 e. The van der Waals surface area contributed by atoms with E-state index in [1.807, 2.05) is 19.1 Å². The predicted octanol–water partition coefficient (Wildman–Crippen LogP) is 4.11. The standard InChI is InChI=1S/C22H24N2O5/c1-5-14-7-6-8-21(23-14)24-22(25)18-10-9-15(29-18)11-17-19(27-3)12-16(26-2)13-20(17)28-4/h6-10,12-13H,5,11H2,1-4H3,(H,23,24,25). The zero-order valence-electron chi connectivity index (χ0n) is 16.9. The molecule has 0 unspecified atom stereocenters. The lowest BCUT2D eigenvalue weighted by atomic mass is 10.1. The first-order chi connectivity index (χ1) is 14.1. The van der Waals surface area contributed by atoms with E-state index >= 15 is 0 Å². The molecule has 2 aromatic heterocycles. The van der Waals surface area contributed by atoms with Crippen LogP contribution in [0, 0.1) is 0 Å². The summed E-state index contributed by atoms with van der Waals surface area (Å²) in [5.74, 6) is 2.80. The van der Waals surface area contributed by atoms with Gasteiger partial charge in [-0.2, -0.15) is 0 Å². The first-order valence-electron chi connectivity index (χ1n) is 9.22. The van der Waals surface area contributed by atoms with E-state index < -0.39 is 0 Å². The fraction of sp³-hybridized carbons (Fsp3) is 0.273. The van der Waals surface area contributed by atoms with E-state index in [0.29, 0.717) is 35.2 Å². The number of nitrogens with one attached hydrogen (secondary N) is 1. The second kappa shape index (κ2) is 9.14. The van der Waals surface area contributed by atoms with E-state index in [1.165, 1.54) is 0 Å². The van der Waals surface area contributed by atoms with Gasteiger partial charge in [-0.3, -0.25) is 4.79 Å². The molecule has 0 fully saturated rings. The molecule has 0 spiro atoms. The molecule has 1 N–H and O–H groups in total. The molecule has 7 heteroatoms. The lowest BCUT2D eigenvalue weighted by Crippen LogP contribution is -2.12. The smallest absolute Gasteiger partial charge is 0.292 e. The van der Waals surface area contributed by atoms with E-state index in [2.05, 4.69) is 10.3 Å². The molecular weight excluding hydrogens is 372 g/mol. The Bertz CT molecular complexity index is 971. The van der Waals surface area contributed by atoms with Gasteiger partial charge in [-0.15, -0.1) is 0 Å². The van der Waals surface area contributed by atoms with Gasteiger partial charge in [0.05, 0.1) is 21.3 Å². The average molecular weight is 396 g/mol. The Morgan fingerprint density at radius 2 is 1.76 bits per heavy atom. The van der Waals surface area contributed by atoms with Crippen molar-refractivity contribution in [2.75, 3.05) is 26.6 Å². The number of aromatic nitrogens is 1. The van der Waals surface area contributed by atoms with Crippen molar-refractivity contribution in [2.24, 2.45) is 0 Å². The van der Waals surface area contributed by atoms with Crippen molar-refractivity contribution >= 4 is 11.7 Å². The molecule has 7 nitrogen and oxygen atoms in total. The van der Waals surface area contributed by atoms with Crippen molar-refractivity contribution in [3.63, 3.8) is 0 Å². The van der Waals surface area contributed by atoms with E-state index in [1.54, 1.807) is 51.7 Å². The molecule has 3 rings (SSSR count). The van der Waals surface area contributed by atoms with Crippen LogP contribution in [0.4, 0.5) is 5.82 Å². The minimum Gasteiger partial charge on any atom is -0.496 e. The molecule has 1 aromatic carbocycles. The molecule has 0 aliphatic rings. The van der Waals surface area contributed by atoms with Crippen molar-refractivity contribution in [3.05, 3.63) is 65.2 Å². The summed E-state index contributed by atoms with van der Waals surface area (Å²) >= 11 is 0. The quantitative estimate of drug-likeness (QED) is 0.617. The fourth-order valence-corrected chi connectivity index (χ4v) is 2.95. The molecule has 152 valence electrons. The zero-order valence-corrected chi connectivity index (χ0v) is 16.9. The summed E-state index contributed by atoms with van der Waals surface area (Å²) in [7, 11) is 4.74. The van der Waals surface area contributed by atoms with Gasteiger partial charge >= 0.3 is 0 Å². The van der Waals surface area contributed by atoms with Crippen molar-refractivity contribution in [3.8, 4) is 17.2 Å². The monoisotopic (exact) mass is 396 g/mol. The van der Waals surface area contributed by atoms with Crippen LogP contribution in [0.5, 0.6) is 17.2 Å². The van der Waals surface area contributed by atoms with Gasteiger partial charge in [0.2, 0.25) is 0 Å². The van der Waals surface area contributed by atoms with Crippen molar-refractivity contribution < 1.29 is 23.4 Å². The Kier molecular flexibility index (Phi) is 6.39. The van der Waals surface area contributed by atoms with E-state index in [-0.39, 0.29) is 11.7 Å². The molecule has 0 aliphatic carbocycles. The van der Waals surface area contributed by atoms with Crippen LogP contribution in [0.1, 0.15) is 34.5 Å². The van der Waals surface area contributed by atoms with Gasteiger partial charge in [-0.25, -0.2) is 4.98 Å². The number of carbonyl (C=O) groups excluding carboxylic acids is 1. The van der Waals surface area contributed by atoms with Gasteiger partial charge < -0.3 is 23.9 Å². The molecule has 3 aromatic rings. The van der Waals surface area contributed by atoms with Crippen LogP contribution < -0.4 is 19.5 Å². The fourth-order valence-electron chi connectivity index (χ4n) is 2.95. The number of carbonyl (C=O) groups is 1. The Hall–Kier alpha value is -3.48. The number of ether oxygens (including phenoxy) is 3. The molecule has 1 amide bonds. The summed E-state index contributed by atoms with van der Waals surface area (Å²) < 4.78 is 22.0. The highest BCUT2D eigenvalue weighted by Crippen LogP contribution is 2.35. The minimum absolute atomic E-state index is 0.204. The Morgan fingerprint density at radius 1 is 1.03 bits per heavy atom. The number of hydrogen-bond donors (Lipinski definition) is 1. The number of methoxy groups -OCH3 is 3. The third-order valence-electron chi connectivity index (χ3n) is 4.46. The molecule has 0 saturated carbocycles. The predicted molar refractivity (Wildman–Crippen MR) is 109 cm³/mol. The van der Waals surface area contributed by atoms with Gasteiger partial charge in [-0.1, -0.05) is 13.0 Å². The molecule has 0 aliphatic heterocycles. The first-order valence-corrected chi connectivity index (χ1v) is 9.22. The van der Waals surface area contributed by atoms with Gasteiger partial charge in [0, 0.05) is 29.8 Å². The first kappa shape index (κ1) is 20.3. The highest BCUT2D eigenvalue weighted by Gasteiger charge is 2.18. The van der Waals surface area contributed by atoms with Gasteiger partial charge in [0.25, 0.3) is 5.91 Å². The van der Waals surface area contributed by atoms with Crippen LogP contribution in [-0.2, 0) is 12.8 Å². The number of amides is 1. The van der Waals surface area contributed by atoms with Crippen LogP contribution in [0.15, 0.2) is 46.9 Å². The number of nitrogens with zero attached hydrogens (tertiary/aromatic N) is 1. The van der Waals surface area contributed by atoms with Crippen molar-refractivity contribution in [2.45, 2.75) is 19.8 Å². The maximum absolute atomic E-state index is 12.5. The van der Waals surface area contributed by atoms with Crippen molar-refractivity contribution in [1.29, 1.82) is 0 Å². The highest BCUT2D eigenvalue weighted by atomic mass is 16.5. The molecular formula is C22H24N2O5. The van der Waals surface area contributed by atoms with Gasteiger partial charge in [-0.05, 0) is 30.7 Å². The van der Waals surface area contributed by atoms with E-state index in [9.17, 15) is 4.79 Å². The van der Waals surface area contributed by atoms with E-state index in [0.717, 1.165) is 17.7 Å². The lowest BCUT2D eigenvalue weighted by Gasteiger charge is -2.14. The van der Waals surface area contributed by atoms with Crippen LogP contribution in [0.2, 0.25) is 0 Å². The number of pyridine rings is 1. The minimum atomic E-state index is -0.356.